The van der Waals surface area contributed by atoms with Crippen molar-refractivity contribution in [2.24, 2.45) is 0 Å². The lowest BCUT2D eigenvalue weighted by Crippen LogP contribution is -2.05. The Kier molecular flexibility index (Phi) is 2.63. The fourth-order valence-electron chi connectivity index (χ4n) is 1.56. The predicted molar refractivity (Wildman–Crippen MR) is 53.8 cm³/mol. The summed E-state index contributed by atoms with van der Waals surface area (Å²) in [6, 6.07) is 1.69. The lowest BCUT2D eigenvalue weighted by Gasteiger charge is -2.06. The first kappa shape index (κ1) is 10.4. The molecule has 0 aromatic carbocycles. The van der Waals surface area contributed by atoms with E-state index in [9.17, 15) is 4.79 Å². The van der Waals surface area contributed by atoms with Crippen LogP contribution in [0.15, 0.2) is 6.07 Å². The lowest BCUT2D eigenvalue weighted by molar-refractivity contribution is 0.0600. The monoisotopic (exact) mass is 227 g/mol. The Hall–Kier alpha value is -1.13. The number of carbonyl (C=O) groups excluding carboxylic acids is 1. The molecule has 0 aliphatic carbocycles. The zero-order valence-electron chi connectivity index (χ0n) is 8.41. The van der Waals surface area contributed by atoms with Gasteiger partial charge in [0.15, 0.2) is 0 Å². The van der Waals surface area contributed by atoms with Gasteiger partial charge < -0.3 is 9.47 Å². The van der Waals surface area contributed by atoms with E-state index in [1.807, 2.05) is 6.92 Å². The number of aromatic nitrogens is 1. The van der Waals surface area contributed by atoms with Gasteiger partial charge in [0.05, 0.1) is 31.1 Å². The third-order valence-corrected chi connectivity index (χ3v) is 2.69. The molecule has 0 unspecified atom stereocenters. The Balaban J connectivity index is 2.50. The zero-order valence-corrected chi connectivity index (χ0v) is 9.17. The van der Waals surface area contributed by atoms with Gasteiger partial charge in [0.1, 0.15) is 5.15 Å². The summed E-state index contributed by atoms with van der Waals surface area (Å²) in [6.07, 6.45) is -0.0480. The number of hydrogen-bond acceptors (Lipinski definition) is 4. The highest BCUT2D eigenvalue weighted by Crippen LogP contribution is 2.31. The number of esters is 1. The summed E-state index contributed by atoms with van der Waals surface area (Å²) < 4.78 is 9.98. The topological polar surface area (TPSA) is 48.4 Å². The molecule has 0 saturated carbocycles. The van der Waals surface area contributed by atoms with E-state index in [1.54, 1.807) is 6.07 Å². The highest BCUT2D eigenvalue weighted by Gasteiger charge is 2.24. The largest absolute Gasteiger partial charge is 0.465 e. The molecule has 0 amide bonds. The van der Waals surface area contributed by atoms with Crippen molar-refractivity contribution in [2.75, 3.05) is 7.11 Å². The molecular formula is C10H10ClNO3. The average Bonchev–Trinajstić information content (AvgIpc) is 2.58. The molecule has 0 fully saturated rings. The summed E-state index contributed by atoms with van der Waals surface area (Å²) in [5, 5.41) is 0.165. The maximum absolute atomic E-state index is 11.4. The van der Waals surface area contributed by atoms with Gasteiger partial charge in [0.25, 0.3) is 0 Å². The Morgan fingerprint density at radius 3 is 3.13 bits per heavy atom. The van der Waals surface area contributed by atoms with Crippen molar-refractivity contribution in [3.63, 3.8) is 0 Å². The van der Waals surface area contributed by atoms with Crippen LogP contribution in [0.25, 0.3) is 0 Å². The number of carbonyl (C=O) groups is 1. The van der Waals surface area contributed by atoms with Gasteiger partial charge in [-0.2, -0.15) is 0 Å². The standard InChI is InChI=1S/C10H10ClNO3/c1-5-6-3-7(10(13)14-2)9(11)12-8(6)4-15-5/h3,5H,4H2,1-2H3/t5-/m1/s1. The smallest absolute Gasteiger partial charge is 0.341 e. The Morgan fingerprint density at radius 2 is 2.47 bits per heavy atom. The molecule has 0 bridgehead atoms. The molecule has 0 radical (unpaired) electrons. The molecule has 0 N–H and O–H groups in total. The van der Waals surface area contributed by atoms with Crippen LogP contribution in [0.2, 0.25) is 5.15 Å². The van der Waals surface area contributed by atoms with E-state index in [0.29, 0.717) is 6.61 Å². The fraction of sp³-hybridized carbons (Fsp3) is 0.400. The second-order valence-corrected chi connectivity index (χ2v) is 3.67. The van der Waals surface area contributed by atoms with Crippen molar-refractivity contribution in [1.29, 1.82) is 0 Å². The minimum Gasteiger partial charge on any atom is -0.465 e. The van der Waals surface area contributed by atoms with Crippen molar-refractivity contribution in [3.8, 4) is 0 Å². The molecule has 15 heavy (non-hydrogen) atoms. The predicted octanol–water partition coefficient (Wildman–Crippen LogP) is 2.11. The number of pyridine rings is 1. The van der Waals surface area contributed by atoms with E-state index in [-0.39, 0.29) is 16.8 Å². The molecule has 2 heterocycles. The maximum atomic E-state index is 11.4. The first-order valence-electron chi connectivity index (χ1n) is 4.52. The fourth-order valence-corrected chi connectivity index (χ4v) is 1.79. The molecule has 5 heteroatoms. The minimum atomic E-state index is -0.477. The van der Waals surface area contributed by atoms with Crippen molar-refractivity contribution < 1.29 is 14.3 Å². The molecule has 1 atom stereocenters. The van der Waals surface area contributed by atoms with Gasteiger partial charge in [-0.05, 0) is 13.0 Å². The van der Waals surface area contributed by atoms with Gasteiger partial charge >= 0.3 is 5.97 Å². The number of nitrogens with zero attached hydrogens (tertiary/aromatic N) is 1. The summed E-state index contributed by atoms with van der Waals surface area (Å²) in [5.41, 5.74) is 1.98. The second-order valence-electron chi connectivity index (χ2n) is 3.31. The van der Waals surface area contributed by atoms with E-state index >= 15 is 0 Å². The third-order valence-electron chi connectivity index (χ3n) is 2.40. The number of ether oxygens (including phenoxy) is 2. The molecular weight excluding hydrogens is 218 g/mol. The highest BCUT2D eigenvalue weighted by atomic mass is 35.5. The van der Waals surface area contributed by atoms with Crippen LogP contribution in [0.1, 0.15) is 34.6 Å². The van der Waals surface area contributed by atoms with Gasteiger partial charge in [-0.1, -0.05) is 11.6 Å². The molecule has 2 rings (SSSR count). The van der Waals surface area contributed by atoms with Gasteiger partial charge in [0, 0.05) is 5.56 Å². The van der Waals surface area contributed by atoms with E-state index in [0.717, 1.165) is 11.3 Å². The summed E-state index contributed by atoms with van der Waals surface area (Å²) >= 11 is 5.86. The number of fused-ring (bicyclic) bond motifs is 1. The summed E-state index contributed by atoms with van der Waals surface area (Å²) in [5.74, 6) is -0.477. The highest BCUT2D eigenvalue weighted by molar-refractivity contribution is 6.32. The SMILES string of the molecule is COC(=O)c1cc2c(nc1Cl)CO[C@@H]2C. The molecule has 4 nitrogen and oxygen atoms in total. The number of hydrogen-bond donors (Lipinski definition) is 0. The van der Waals surface area contributed by atoms with Gasteiger partial charge in [0.2, 0.25) is 0 Å². The molecule has 1 aromatic heterocycles. The van der Waals surface area contributed by atoms with Crippen LogP contribution in [-0.2, 0) is 16.1 Å². The first-order valence-corrected chi connectivity index (χ1v) is 4.90. The first-order chi connectivity index (χ1) is 7.13. The van der Waals surface area contributed by atoms with Crippen LogP contribution in [0.5, 0.6) is 0 Å². The summed E-state index contributed by atoms with van der Waals surface area (Å²) in [4.78, 5) is 15.5. The van der Waals surface area contributed by atoms with Crippen molar-refractivity contribution in [3.05, 3.63) is 28.0 Å². The van der Waals surface area contributed by atoms with Crippen LogP contribution in [0.3, 0.4) is 0 Å². The van der Waals surface area contributed by atoms with Crippen molar-refractivity contribution in [2.45, 2.75) is 19.6 Å². The van der Waals surface area contributed by atoms with Crippen LogP contribution >= 0.6 is 11.6 Å². The van der Waals surface area contributed by atoms with Crippen LogP contribution in [0, 0.1) is 0 Å². The number of halogens is 1. The maximum Gasteiger partial charge on any atom is 0.341 e. The molecule has 80 valence electrons. The molecule has 1 aromatic rings. The zero-order chi connectivity index (χ0) is 11.0. The van der Waals surface area contributed by atoms with Gasteiger partial charge in [-0.15, -0.1) is 0 Å². The molecule has 1 aliphatic rings. The normalized spacial score (nSPS) is 18.7. The minimum absolute atomic E-state index is 0.0480. The summed E-state index contributed by atoms with van der Waals surface area (Å²) in [6.45, 7) is 2.35. The molecule has 0 spiro atoms. The molecule has 0 saturated heterocycles. The third kappa shape index (κ3) is 1.70. The van der Waals surface area contributed by atoms with Crippen LogP contribution < -0.4 is 0 Å². The van der Waals surface area contributed by atoms with Gasteiger partial charge in [-0.25, -0.2) is 9.78 Å². The van der Waals surface area contributed by atoms with Gasteiger partial charge in [-0.3, -0.25) is 0 Å². The summed E-state index contributed by atoms with van der Waals surface area (Å²) in [7, 11) is 1.31. The quantitative estimate of drug-likeness (QED) is 0.545. The van der Waals surface area contributed by atoms with E-state index in [2.05, 4.69) is 9.72 Å². The Labute approximate surface area is 92.2 Å². The van der Waals surface area contributed by atoms with E-state index in [4.69, 9.17) is 16.3 Å². The van der Waals surface area contributed by atoms with Crippen molar-refractivity contribution in [1.82, 2.24) is 4.98 Å². The Morgan fingerprint density at radius 1 is 1.73 bits per heavy atom. The van der Waals surface area contributed by atoms with E-state index < -0.39 is 5.97 Å². The molecule has 1 aliphatic heterocycles. The average molecular weight is 228 g/mol. The van der Waals surface area contributed by atoms with Crippen molar-refractivity contribution >= 4 is 17.6 Å². The Bertz CT molecular complexity index is 419. The number of rotatable bonds is 1. The number of methoxy groups -OCH3 is 1. The second kappa shape index (κ2) is 3.79. The lowest BCUT2D eigenvalue weighted by atomic mass is 10.1. The van der Waals surface area contributed by atoms with E-state index in [1.165, 1.54) is 7.11 Å². The van der Waals surface area contributed by atoms with Crippen LogP contribution in [-0.4, -0.2) is 18.1 Å². The van der Waals surface area contributed by atoms with Crippen LogP contribution in [0.4, 0.5) is 0 Å².